The summed E-state index contributed by atoms with van der Waals surface area (Å²) in [7, 11) is 2.12. The van der Waals surface area contributed by atoms with E-state index in [0.29, 0.717) is 11.9 Å². The van der Waals surface area contributed by atoms with Gasteiger partial charge >= 0.3 is 11.9 Å². The summed E-state index contributed by atoms with van der Waals surface area (Å²) in [5.74, 6) is -10.0. The highest BCUT2D eigenvalue weighted by molar-refractivity contribution is 6.00. The van der Waals surface area contributed by atoms with Gasteiger partial charge in [0.15, 0.2) is 23.2 Å². The Labute approximate surface area is 321 Å². The van der Waals surface area contributed by atoms with E-state index in [1.807, 2.05) is 12.1 Å². The number of halogens is 2. The van der Waals surface area contributed by atoms with Crippen LogP contribution < -0.4 is 26.0 Å². The third kappa shape index (κ3) is 12.5. The summed E-state index contributed by atoms with van der Waals surface area (Å²) in [5.41, 5.74) is 0.582. The molecule has 0 spiro atoms. The van der Waals surface area contributed by atoms with Crippen LogP contribution in [-0.4, -0.2) is 103 Å². The van der Waals surface area contributed by atoms with Crippen LogP contribution in [0.1, 0.15) is 56.9 Å². The van der Waals surface area contributed by atoms with Gasteiger partial charge in [-0.1, -0.05) is 50.6 Å². The normalized spacial score (nSPS) is 14.1. The molecular formula is C38H45F2N5O11. The molecule has 0 radical (unpaired) electrons. The van der Waals surface area contributed by atoms with Crippen LogP contribution in [0.15, 0.2) is 54.6 Å². The van der Waals surface area contributed by atoms with E-state index in [-0.39, 0.29) is 18.5 Å². The maximum Gasteiger partial charge on any atom is 0.308 e. The Morgan fingerprint density at radius 3 is 2.00 bits per heavy atom. The molecule has 0 fully saturated rings. The van der Waals surface area contributed by atoms with Gasteiger partial charge in [0.25, 0.3) is 5.91 Å². The number of esters is 2. The minimum Gasteiger partial charge on any atom is -0.480 e. The number of ether oxygens (including phenoxy) is 3. The van der Waals surface area contributed by atoms with Gasteiger partial charge in [-0.05, 0) is 43.5 Å². The molecule has 6 atom stereocenters. The van der Waals surface area contributed by atoms with E-state index < -0.39 is 108 Å². The van der Waals surface area contributed by atoms with Crippen molar-refractivity contribution in [2.45, 2.75) is 76.7 Å². The average Bonchev–Trinajstić information content (AvgIpc) is 3.18. The lowest BCUT2D eigenvalue weighted by Gasteiger charge is -2.28. The van der Waals surface area contributed by atoms with Crippen molar-refractivity contribution >= 4 is 52.3 Å². The Morgan fingerprint density at radius 2 is 1.38 bits per heavy atom. The summed E-state index contributed by atoms with van der Waals surface area (Å²) < 4.78 is 42.4. The van der Waals surface area contributed by atoms with Crippen molar-refractivity contribution in [2.75, 3.05) is 20.8 Å². The van der Waals surface area contributed by atoms with Crippen molar-refractivity contribution < 1.29 is 61.7 Å². The van der Waals surface area contributed by atoms with Crippen LogP contribution in [0.25, 0.3) is 10.9 Å². The van der Waals surface area contributed by atoms with Crippen molar-refractivity contribution in [1.82, 2.24) is 26.3 Å². The van der Waals surface area contributed by atoms with Crippen molar-refractivity contribution in [3.8, 4) is 5.75 Å². The van der Waals surface area contributed by atoms with Gasteiger partial charge in [-0.15, -0.1) is 0 Å². The average molecular weight is 786 g/mol. The highest BCUT2D eigenvalue weighted by Crippen LogP contribution is 2.21. The van der Waals surface area contributed by atoms with Gasteiger partial charge in [0.2, 0.25) is 17.7 Å². The first-order chi connectivity index (χ1) is 26.6. The Kier molecular flexibility index (Phi) is 16.8. The molecule has 3 aromatic rings. The van der Waals surface area contributed by atoms with Crippen LogP contribution in [0.3, 0.4) is 0 Å². The van der Waals surface area contributed by atoms with Crippen molar-refractivity contribution in [1.29, 1.82) is 0 Å². The molecule has 4 amide bonds. The lowest BCUT2D eigenvalue weighted by atomic mass is 9.97. The quantitative estimate of drug-likeness (QED) is 0.103. The van der Waals surface area contributed by atoms with Crippen molar-refractivity contribution in [3.05, 3.63) is 71.9 Å². The van der Waals surface area contributed by atoms with Gasteiger partial charge in [-0.3, -0.25) is 33.6 Å². The van der Waals surface area contributed by atoms with E-state index in [1.165, 1.54) is 6.07 Å². The van der Waals surface area contributed by atoms with Crippen LogP contribution >= 0.6 is 0 Å². The van der Waals surface area contributed by atoms with Crippen LogP contribution in [0, 0.1) is 17.6 Å². The fourth-order valence-corrected chi connectivity index (χ4v) is 5.28. The molecule has 2 aromatic carbocycles. The van der Waals surface area contributed by atoms with E-state index in [1.54, 1.807) is 32.0 Å². The van der Waals surface area contributed by atoms with Gasteiger partial charge in [0, 0.05) is 11.8 Å². The van der Waals surface area contributed by atoms with Gasteiger partial charge in [-0.2, -0.15) is 0 Å². The molecule has 0 saturated carbocycles. The molecule has 0 unspecified atom stereocenters. The maximum absolute atomic E-state index is 14.1. The standard InChI is InChI=1S/C38H45F2N5O11/c1-6-20(2)32(44-35(50)26-15-14-22-10-7-8-13-25(22)41-26)37(52)42-27(16-17-30(48)54-4)36(51)45-33(21(3)46)38(53)43-28(18-31(49)55-5)29(47)19-56-34-23(39)11-9-12-24(34)40/h7-15,20-21,27-28,32-33,46H,6,16-19H2,1-5H3,(H,42,52)(H,43,53)(H,44,50)(H,45,51)/t20-,21+,27-,28-,32-,33-/m0/s1. The smallest absolute Gasteiger partial charge is 0.308 e. The summed E-state index contributed by atoms with van der Waals surface area (Å²) in [6.45, 7) is 3.60. The first-order valence-corrected chi connectivity index (χ1v) is 17.6. The highest BCUT2D eigenvalue weighted by atomic mass is 19.1. The second-order valence-electron chi connectivity index (χ2n) is 12.8. The number of fused-ring (bicyclic) bond motifs is 1. The predicted octanol–water partition coefficient (Wildman–Crippen LogP) is 1.66. The Balaban J connectivity index is 1.81. The molecule has 18 heteroatoms. The zero-order valence-corrected chi connectivity index (χ0v) is 31.4. The number of nitrogens with zero attached hydrogens (tertiary/aromatic N) is 1. The summed E-state index contributed by atoms with van der Waals surface area (Å²) >= 11 is 0. The van der Waals surface area contributed by atoms with Crippen molar-refractivity contribution in [3.63, 3.8) is 0 Å². The molecule has 5 N–H and O–H groups in total. The number of amides is 4. The number of hydrogen-bond acceptors (Lipinski definition) is 12. The van der Waals surface area contributed by atoms with E-state index in [0.717, 1.165) is 44.7 Å². The number of Topliss-reactive ketones (excluding diaryl/α,β-unsaturated/α-hetero) is 1. The number of para-hydroxylation sites is 2. The third-order valence-corrected chi connectivity index (χ3v) is 8.75. The molecule has 3 rings (SSSR count). The summed E-state index contributed by atoms with van der Waals surface area (Å²) in [6, 6.07) is 6.89. The number of ketones is 1. The van der Waals surface area contributed by atoms with Gasteiger partial charge < -0.3 is 40.6 Å². The number of aliphatic hydroxyl groups excluding tert-OH is 1. The second kappa shape index (κ2) is 21.2. The van der Waals surface area contributed by atoms with Crippen molar-refractivity contribution in [2.24, 2.45) is 5.92 Å². The predicted molar refractivity (Wildman–Crippen MR) is 195 cm³/mol. The van der Waals surface area contributed by atoms with Crippen LogP contribution in [0.4, 0.5) is 8.78 Å². The van der Waals surface area contributed by atoms with Gasteiger partial charge in [-0.25, -0.2) is 13.8 Å². The number of nitrogens with one attached hydrogen (secondary N) is 4. The lowest BCUT2D eigenvalue weighted by Crippen LogP contribution is -2.61. The number of pyridine rings is 1. The number of hydrogen-bond donors (Lipinski definition) is 5. The molecule has 0 aliphatic rings. The van der Waals surface area contributed by atoms with E-state index >= 15 is 0 Å². The Hall–Kier alpha value is -6.04. The fourth-order valence-electron chi connectivity index (χ4n) is 5.28. The SMILES string of the molecule is CC[C@H](C)[C@H](NC(=O)c1ccc2ccccc2n1)C(=O)N[C@@H](CCC(=O)OC)C(=O)N[C@H](C(=O)N[C@@H](CC(=O)OC)C(=O)COc1c(F)cccc1F)[C@@H](C)O. The molecule has 302 valence electrons. The third-order valence-electron chi connectivity index (χ3n) is 8.75. The molecule has 0 saturated heterocycles. The molecule has 56 heavy (non-hydrogen) atoms. The summed E-state index contributed by atoms with van der Waals surface area (Å²) in [6.07, 6.45) is -2.72. The van der Waals surface area contributed by atoms with Crippen LogP contribution in [0.5, 0.6) is 5.75 Å². The van der Waals surface area contributed by atoms with Crippen LogP contribution in [-0.2, 0) is 38.2 Å². The summed E-state index contributed by atoms with van der Waals surface area (Å²) in [4.78, 5) is 95.8. The number of rotatable bonds is 20. The minimum atomic E-state index is -1.82. The molecular weight excluding hydrogens is 740 g/mol. The maximum atomic E-state index is 14.1. The topological polar surface area (TPSA) is 228 Å². The molecule has 0 bridgehead atoms. The van der Waals surface area contributed by atoms with E-state index in [4.69, 9.17) is 4.74 Å². The van der Waals surface area contributed by atoms with Gasteiger partial charge in [0.05, 0.1) is 32.3 Å². The number of carbonyl (C=O) groups excluding carboxylic acids is 7. The number of carbonyl (C=O) groups is 7. The van der Waals surface area contributed by atoms with E-state index in [9.17, 15) is 47.4 Å². The largest absolute Gasteiger partial charge is 0.480 e. The van der Waals surface area contributed by atoms with Gasteiger partial charge in [0.1, 0.15) is 36.5 Å². The first-order valence-electron chi connectivity index (χ1n) is 17.6. The number of methoxy groups -OCH3 is 2. The zero-order valence-electron chi connectivity index (χ0n) is 31.4. The van der Waals surface area contributed by atoms with Crippen LogP contribution in [0.2, 0.25) is 0 Å². The number of benzene rings is 2. The first kappa shape index (κ1) is 44.4. The van der Waals surface area contributed by atoms with E-state index in [2.05, 4.69) is 35.7 Å². The number of aromatic nitrogens is 1. The highest BCUT2D eigenvalue weighted by Gasteiger charge is 2.35. The Morgan fingerprint density at radius 1 is 0.750 bits per heavy atom. The lowest BCUT2D eigenvalue weighted by molar-refractivity contribution is -0.144. The molecule has 1 heterocycles. The minimum absolute atomic E-state index is 0.0329. The number of aliphatic hydroxyl groups is 1. The molecule has 16 nitrogen and oxygen atoms in total. The molecule has 0 aliphatic carbocycles. The fraction of sp³-hybridized carbons (Fsp3) is 0.421. The monoisotopic (exact) mass is 785 g/mol. The second-order valence-corrected chi connectivity index (χ2v) is 12.8. The molecule has 0 aliphatic heterocycles. The Bertz CT molecular complexity index is 1890. The molecule has 1 aromatic heterocycles. The zero-order chi connectivity index (χ0) is 41.5. The summed E-state index contributed by atoms with van der Waals surface area (Å²) in [5, 5.41) is 21.0.